The van der Waals surface area contributed by atoms with Crippen molar-refractivity contribution in [1.82, 2.24) is 4.90 Å². The smallest absolute Gasteiger partial charge is 0.550 e. The van der Waals surface area contributed by atoms with E-state index in [4.69, 9.17) is 9.47 Å². The molecule has 11 nitrogen and oxygen atoms in total. The summed E-state index contributed by atoms with van der Waals surface area (Å²) in [5.41, 5.74) is 0.0843. The van der Waals surface area contributed by atoms with E-state index in [0.717, 1.165) is 17.8 Å². The Balaban J connectivity index is 0.00000253. The van der Waals surface area contributed by atoms with Crippen molar-refractivity contribution in [2.24, 2.45) is 4.99 Å². The molecule has 6 N–H and O–H groups in total. The summed E-state index contributed by atoms with van der Waals surface area (Å²) < 4.78 is 67.3. The van der Waals surface area contributed by atoms with Gasteiger partial charge in [-0.1, -0.05) is 18.2 Å². The third-order valence-electron chi connectivity index (χ3n) is 7.22. The molecule has 1 fully saturated rings. The van der Waals surface area contributed by atoms with Gasteiger partial charge in [0, 0.05) is 55.9 Å². The van der Waals surface area contributed by atoms with E-state index in [0.29, 0.717) is 31.9 Å². The first kappa shape index (κ1) is 39.4. The number of ether oxygens (including phenoxy) is 2. The van der Waals surface area contributed by atoms with Crippen LogP contribution in [0.25, 0.3) is 0 Å². The summed E-state index contributed by atoms with van der Waals surface area (Å²) in [5.74, 6) is -1.23. The predicted octanol–water partition coefficient (Wildman–Crippen LogP) is -1.10. The van der Waals surface area contributed by atoms with Gasteiger partial charge in [0.1, 0.15) is 23.0 Å². The second-order valence-corrected chi connectivity index (χ2v) is 9.61. The van der Waals surface area contributed by atoms with Crippen LogP contribution in [0.4, 0.5) is 34.6 Å². The average Bonchev–Trinajstić information content (AvgIpc) is 2.96. The molecule has 2 aliphatic rings. The SMILES string of the molecule is COc1cccc(N2CCN(C3=Nc4c(F)cccc4[C@H](CC(=O)[O-])N3c3cc(C(F)(F)F)ccc3OC)CC2)c1.O.O.O.[Na+]. The van der Waals surface area contributed by atoms with Gasteiger partial charge in [-0.2, -0.15) is 13.2 Å². The van der Waals surface area contributed by atoms with Gasteiger partial charge in [-0.05, 0) is 36.4 Å². The summed E-state index contributed by atoms with van der Waals surface area (Å²) in [4.78, 5) is 21.8. The minimum atomic E-state index is -4.68. The number of fused-ring (bicyclic) bond motifs is 1. The molecule has 3 aromatic rings. The zero-order chi connectivity index (χ0) is 29.3. The maximum absolute atomic E-state index is 15.1. The van der Waals surface area contributed by atoms with Crippen LogP contribution in [0.15, 0.2) is 65.7 Å². The second kappa shape index (κ2) is 16.1. The molecule has 0 aliphatic carbocycles. The first-order valence-electron chi connectivity index (χ1n) is 12.9. The number of guanidine groups is 1. The van der Waals surface area contributed by atoms with E-state index in [1.54, 1.807) is 7.11 Å². The van der Waals surface area contributed by atoms with Gasteiger partial charge in [-0.25, -0.2) is 9.38 Å². The van der Waals surface area contributed by atoms with Crippen LogP contribution in [0.1, 0.15) is 23.6 Å². The molecule has 0 aromatic heterocycles. The van der Waals surface area contributed by atoms with Crippen LogP contribution in [0.2, 0.25) is 0 Å². The van der Waals surface area contributed by atoms with E-state index in [-0.39, 0.29) is 74.6 Å². The quantitative estimate of drug-likeness (QED) is 0.241. The Morgan fingerprint density at radius 2 is 1.58 bits per heavy atom. The molecule has 0 amide bonds. The number of methoxy groups -OCH3 is 2. The minimum absolute atomic E-state index is 0. The molecule has 5 rings (SSSR count). The monoisotopic (exact) mass is 648 g/mol. The summed E-state index contributed by atoms with van der Waals surface area (Å²) in [7, 11) is 2.89. The van der Waals surface area contributed by atoms with Crippen LogP contribution in [-0.2, 0) is 11.0 Å². The van der Waals surface area contributed by atoms with Crippen LogP contribution in [0, 0.1) is 5.82 Å². The summed E-state index contributed by atoms with van der Waals surface area (Å²) in [6, 6.07) is 13.5. The van der Waals surface area contributed by atoms with Gasteiger partial charge in [0.2, 0.25) is 5.96 Å². The summed E-state index contributed by atoms with van der Waals surface area (Å²) >= 11 is 0. The number of aliphatic imine (C=N–C) groups is 1. The molecule has 0 spiro atoms. The standard InChI is InChI=1S/C29H28F4N4O4.Na.3H2O/c1-40-20-6-3-5-19(16-20)35-11-13-36(14-12-35)28-34-27-21(7-4-8-22(27)30)23(17-26(38)39)37(28)24-15-18(29(31,32)33)9-10-25(24)41-2;;;;/h3-10,15-16,23H,11-14,17H2,1-2H3,(H,38,39);;3*1H2/q;+1;;;/p-1/t23-;;;;/m0..../s1. The number of piperazine rings is 1. The summed E-state index contributed by atoms with van der Waals surface area (Å²) in [6.45, 7) is 1.76. The molecule has 0 saturated carbocycles. The molecule has 1 atom stereocenters. The number of carboxylic acid groups (broad SMARTS) is 1. The van der Waals surface area contributed by atoms with Gasteiger partial charge in [-0.3, -0.25) is 0 Å². The van der Waals surface area contributed by atoms with Gasteiger partial charge in [0.25, 0.3) is 0 Å². The molecule has 3 aromatic carbocycles. The maximum Gasteiger partial charge on any atom is 1.00 e. The fourth-order valence-electron chi connectivity index (χ4n) is 5.24. The molecule has 1 saturated heterocycles. The molecule has 240 valence electrons. The van der Waals surface area contributed by atoms with E-state index >= 15 is 4.39 Å². The van der Waals surface area contributed by atoms with Crippen LogP contribution in [0.5, 0.6) is 11.5 Å². The zero-order valence-corrected chi connectivity index (χ0v) is 26.8. The molecule has 0 bridgehead atoms. The van der Waals surface area contributed by atoms with E-state index in [2.05, 4.69) is 9.89 Å². The van der Waals surface area contributed by atoms with Crippen molar-refractivity contribution in [3.63, 3.8) is 0 Å². The summed E-state index contributed by atoms with van der Waals surface area (Å²) in [6.07, 6.45) is -5.30. The number of rotatable bonds is 6. The first-order chi connectivity index (χ1) is 19.6. The number of halogens is 4. The Bertz CT molecular complexity index is 1490. The number of alkyl halides is 3. The van der Waals surface area contributed by atoms with E-state index in [1.165, 1.54) is 36.3 Å². The maximum atomic E-state index is 15.1. The molecule has 2 aliphatic heterocycles. The van der Waals surface area contributed by atoms with Crippen LogP contribution in [0.3, 0.4) is 0 Å². The van der Waals surface area contributed by atoms with Crippen molar-refractivity contribution in [2.75, 3.05) is 50.2 Å². The largest absolute Gasteiger partial charge is 1.00 e. The number of nitrogens with zero attached hydrogens (tertiary/aromatic N) is 4. The van der Waals surface area contributed by atoms with E-state index < -0.39 is 36.0 Å². The van der Waals surface area contributed by atoms with Crippen molar-refractivity contribution >= 4 is 29.0 Å². The number of para-hydroxylation sites is 1. The van der Waals surface area contributed by atoms with Gasteiger partial charge >= 0.3 is 35.7 Å². The van der Waals surface area contributed by atoms with Crippen molar-refractivity contribution in [3.8, 4) is 11.5 Å². The molecular weight excluding hydrogens is 615 g/mol. The van der Waals surface area contributed by atoms with Crippen molar-refractivity contribution < 1.29 is 82.9 Å². The van der Waals surface area contributed by atoms with Gasteiger partial charge in [0.15, 0.2) is 0 Å². The molecular formula is C29H33F4N4NaO7. The van der Waals surface area contributed by atoms with Crippen molar-refractivity contribution in [1.29, 1.82) is 0 Å². The number of aliphatic carboxylic acids is 1. The number of carbonyl (C=O) groups is 1. The Morgan fingerprint density at radius 1 is 0.933 bits per heavy atom. The molecule has 0 radical (unpaired) electrons. The van der Waals surface area contributed by atoms with Gasteiger partial charge in [0.05, 0.1) is 31.5 Å². The number of anilines is 2. The summed E-state index contributed by atoms with van der Waals surface area (Å²) in [5, 5.41) is 11.9. The molecule has 2 heterocycles. The fraction of sp³-hybridized carbons (Fsp3) is 0.310. The van der Waals surface area contributed by atoms with Crippen LogP contribution >= 0.6 is 0 Å². The molecule has 45 heavy (non-hydrogen) atoms. The van der Waals surface area contributed by atoms with E-state index in [9.17, 15) is 23.1 Å². The van der Waals surface area contributed by atoms with Crippen molar-refractivity contribution in [2.45, 2.75) is 18.6 Å². The van der Waals surface area contributed by atoms with E-state index in [1.807, 2.05) is 29.2 Å². The van der Waals surface area contributed by atoms with Gasteiger partial charge < -0.3 is 50.5 Å². The number of carbonyl (C=O) groups excluding carboxylic acids is 1. The topological polar surface area (TPSA) is 175 Å². The number of hydrogen-bond acceptors (Lipinski definition) is 8. The minimum Gasteiger partial charge on any atom is -0.550 e. The van der Waals surface area contributed by atoms with Crippen molar-refractivity contribution in [3.05, 3.63) is 77.6 Å². The third-order valence-corrected chi connectivity index (χ3v) is 7.22. The number of hydrogen-bond donors (Lipinski definition) is 0. The predicted molar refractivity (Wildman–Crippen MR) is 154 cm³/mol. The Labute approximate surface area is 278 Å². The average molecular weight is 649 g/mol. The third kappa shape index (κ3) is 8.17. The molecule has 0 unspecified atom stereocenters. The number of benzene rings is 3. The number of carboxylic acids is 1. The molecule has 16 heteroatoms. The second-order valence-electron chi connectivity index (χ2n) is 9.61. The Hall–Kier alpha value is -3.60. The van der Waals surface area contributed by atoms with Crippen LogP contribution in [-0.4, -0.2) is 73.7 Å². The van der Waals surface area contributed by atoms with Gasteiger partial charge in [-0.15, -0.1) is 0 Å². The Kier molecular flexibility index (Phi) is 14.1. The zero-order valence-electron chi connectivity index (χ0n) is 24.8. The van der Waals surface area contributed by atoms with Crippen LogP contribution < -0.4 is 53.9 Å². The Morgan fingerprint density at radius 3 is 2.18 bits per heavy atom. The normalized spacial score (nSPS) is 15.6. The fourth-order valence-corrected chi connectivity index (χ4v) is 5.24. The first-order valence-corrected chi connectivity index (χ1v) is 12.9.